The number of fused-ring (bicyclic) bond motifs is 1. The van der Waals surface area contributed by atoms with Crippen LogP contribution in [0.2, 0.25) is 5.02 Å². The average Bonchev–Trinajstić information content (AvgIpc) is 2.25. The number of carboxylic acid groups (broad SMARTS) is 1. The molecule has 1 aromatic rings. The highest BCUT2D eigenvalue weighted by atomic mass is 127. The van der Waals surface area contributed by atoms with E-state index in [4.69, 9.17) is 16.7 Å². The molecule has 2 nitrogen and oxygen atoms in total. The zero-order valence-corrected chi connectivity index (χ0v) is 12.7. The maximum Gasteiger partial charge on any atom is 0.405 e. The second-order valence-corrected chi connectivity index (χ2v) is 6.52. The van der Waals surface area contributed by atoms with Crippen LogP contribution in [-0.2, 0) is 4.79 Å². The summed E-state index contributed by atoms with van der Waals surface area (Å²) in [5.41, 5.74) is -0.275. The Hall–Kier alpha value is -0.410. The number of rotatable bonds is 1. The molecular formula is C11H5ClF3IO2S. The molecule has 0 saturated carbocycles. The molecule has 1 heterocycles. The lowest BCUT2D eigenvalue weighted by molar-refractivity contribution is -0.140. The zero-order chi connectivity index (χ0) is 14.4. The topological polar surface area (TPSA) is 37.3 Å². The quantitative estimate of drug-likeness (QED) is 0.682. The summed E-state index contributed by atoms with van der Waals surface area (Å²) in [4.78, 5) is 11.2. The highest BCUT2D eigenvalue weighted by molar-refractivity contribution is 14.1. The van der Waals surface area contributed by atoms with Crippen molar-refractivity contribution in [3.05, 3.63) is 31.9 Å². The molecule has 0 bridgehead atoms. The Morgan fingerprint density at radius 2 is 2.05 bits per heavy atom. The van der Waals surface area contributed by atoms with Crippen molar-refractivity contribution in [3.8, 4) is 0 Å². The molecule has 1 atom stereocenters. The van der Waals surface area contributed by atoms with Crippen LogP contribution in [0.4, 0.5) is 13.2 Å². The van der Waals surface area contributed by atoms with Gasteiger partial charge in [-0.2, -0.15) is 13.2 Å². The lowest BCUT2D eigenvalue weighted by atomic mass is 10.1. The third-order valence-electron chi connectivity index (χ3n) is 2.41. The number of alkyl halides is 3. The van der Waals surface area contributed by atoms with Gasteiger partial charge in [-0.3, -0.25) is 0 Å². The molecule has 0 amide bonds. The van der Waals surface area contributed by atoms with Gasteiger partial charge in [0.1, 0.15) is 5.25 Å². The Labute approximate surface area is 129 Å². The van der Waals surface area contributed by atoms with Crippen LogP contribution >= 0.6 is 46.0 Å². The van der Waals surface area contributed by atoms with E-state index in [9.17, 15) is 18.0 Å². The Bertz CT molecular complexity index is 586. The summed E-state index contributed by atoms with van der Waals surface area (Å²) in [5.74, 6) is -1.57. The van der Waals surface area contributed by atoms with Crippen molar-refractivity contribution >= 4 is 58.0 Å². The number of hydrogen-bond donors (Lipinski definition) is 1. The number of halogens is 5. The third-order valence-corrected chi connectivity index (χ3v) is 4.89. The fourth-order valence-electron chi connectivity index (χ4n) is 1.65. The first-order valence-corrected chi connectivity index (χ1v) is 7.21. The van der Waals surface area contributed by atoms with Gasteiger partial charge in [0.25, 0.3) is 0 Å². The van der Waals surface area contributed by atoms with Crippen LogP contribution in [0, 0.1) is 3.57 Å². The first-order chi connectivity index (χ1) is 8.70. The molecule has 102 valence electrons. The van der Waals surface area contributed by atoms with Gasteiger partial charge in [0.15, 0.2) is 0 Å². The van der Waals surface area contributed by atoms with Gasteiger partial charge in [-0.15, -0.1) is 11.8 Å². The second-order valence-electron chi connectivity index (χ2n) is 3.75. The van der Waals surface area contributed by atoms with Crippen LogP contribution in [-0.4, -0.2) is 22.5 Å². The Morgan fingerprint density at radius 3 is 2.58 bits per heavy atom. The number of thioether (sulfide) groups is 1. The predicted molar refractivity (Wildman–Crippen MR) is 75.5 cm³/mol. The van der Waals surface area contributed by atoms with Gasteiger partial charge in [-0.25, -0.2) is 4.79 Å². The molecule has 2 rings (SSSR count). The minimum Gasteiger partial charge on any atom is -0.478 e. The number of carboxylic acids is 1. The van der Waals surface area contributed by atoms with E-state index >= 15 is 0 Å². The van der Waals surface area contributed by atoms with Crippen molar-refractivity contribution < 1.29 is 23.1 Å². The number of aliphatic carboxylic acids is 1. The highest BCUT2D eigenvalue weighted by Crippen LogP contribution is 2.47. The van der Waals surface area contributed by atoms with E-state index in [0.29, 0.717) is 17.3 Å². The second kappa shape index (κ2) is 5.17. The third kappa shape index (κ3) is 3.03. The largest absolute Gasteiger partial charge is 0.478 e. The summed E-state index contributed by atoms with van der Waals surface area (Å²) in [6.07, 6.45) is -3.60. The van der Waals surface area contributed by atoms with Crippen LogP contribution in [0.3, 0.4) is 0 Å². The van der Waals surface area contributed by atoms with E-state index in [2.05, 4.69) is 0 Å². The van der Waals surface area contributed by atoms with Gasteiger partial charge in [0.05, 0.1) is 10.6 Å². The van der Waals surface area contributed by atoms with Crippen molar-refractivity contribution in [1.29, 1.82) is 0 Å². The molecule has 0 saturated heterocycles. The molecule has 1 aromatic carbocycles. The normalized spacial score (nSPS) is 18.8. The fourth-order valence-corrected chi connectivity index (χ4v) is 3.94. The summed E-state index contributed by atoms with van der Waals surface area (Å²) < 4.78 is 39.4. The van der Waals surface area contributed by atoms with Crippen molar-refractivity contribution in [2.24, 2.45) is 0 Å². The van der Waals surface area contributed by atoms with Gasteiger partial charge >= 0.3 is 12.1 Å². The summed E-state index contributed by atoms with van der Waals surface area (Å²) in [7, 11) is 0. The highest BCUT2D eigenvalue weighted by Gasteiger charge is 2.47. The van der Waals surface area contributed by atoms with E-state index < -0.39 is 23.0 Å². The zero-order valence-electron chi connectivity index (χ0n) is 8.96. The molecule has 1 aliphatic rings. The molecule has 19 heavy (non-hydrogen) atoms. The van der Waals surface area contributed by atoms with Crippen LogP contribution in [0.1, 0.15) is 5.56 Å². The molecule has 0 aromatic heterocycles. The minimum atomic E-state index is -4.64. The van der Waals surface area contributed by atoms with Crippen LogP contribution in [0.15, 0.2) is 22.6 Å². The van der Waals surface area contributed by atoms with E-state index in [-0.39, 0.29) is 9.92 Å². The summed E-state index contributed by atoms with van der Waals surface area (Å²) in [6, 6.07) is 3.14. The van der Waals surface area contributed by atoms with E-state index in [1.54, 1.807) is 12.1 Å². The molecule has 8 heteroatoms. The van der Waals surface area contributed by atoms with Gasteiger partial charge in [0, 0.05) is 8.47 Å². The molecule has 0 fully saturated rings. The standard InChI is InChI=1S/C11H5ClF3IO2S/c12-7-3-5(16)1-4-2-6(10(17)18)9(11(13,14)15)19-8(4)7/h1-3,9H,(H,17,18). The number of hydrogen-bond acceptors (Lipinski definition) is 2. The van der Waals surface area contributed by atoms with Gasteiger partial charge < -0.3 is 5.11 Å². The number of carbonyl (C=O) groups is 1. The summed E-state index contributed by atoms with van der Waals surface area (Å²) in [6.45, 7) is 0. The van der Waals surface area contributed by atoms with Gasteiger partial charge in [-0.05, 0) is 46.4 Å². The van der Waals surface area contributed by atoms with E-state index in [1.165, 1.54) is 0 Å². The lowest BCUT2D eigenvalue weighted by Gasteiger charge is -2.26. The predicted octanol–water partition coefficient (Wildman–Crippen LogP) is 4.45. The van der Waals surface area contributed by atoms with E-state index in [1.807, 2.05) is 22.6 Å². The average molecular weight is 421 g/mol. The number of benzene rings is 1. The molecular weight excluding hydrogens is 416 g/mol. The van der Waals surface area contributed by atoms with Crippen molar-refractivity contribution in [1.82, 2.24) is 0 Å². The fraction of sp³-hybridized carbons (Fsp3) is 0.182. The Morgan fingerprint density at radius 1 is 1.42 bits per heavy atom. The molecule has 0 radical (unpaired) electrons. The lowest BCUT2D eigenvalue weighted by Crippen LogP contribution is -2.32. The summed E-state index contributed by atoms with van der Waals surface area (Å²) in [5, 5.41) is 7.01. The van der Waals surface area contributed by atoms with Crippen molar-refractivity contribution in [3.63, 3.8) is 0 Å². The van der Waals surface area contributed by atoms with Gasteiger partial charge in [0.2, 0.25) is 0 Å². The van der Waals surface area contributed by atoms with Crippen LogP contribution in [0.25, 0.3) is 6.08 Å². The molecule has 1 N–H and O–H groups in total. The SMILES string of the molecule is O=C(O)C1=Cc2cc(I)cc(Cl)c2SC1C(F)(F)F. The van der Waals surface area contributed by atoms with Crippen molar-refractivity contribution in [2.45, 2.75) is 16.3 Å². The van der Waals surface area contributed by atoms with E-state index in [0.717, 1.165) is 9.65 Å². The Kier molecular flexibility index (Phi) is 4.08. The first-order valence-electron chi connectivity index (χ1n) is 4.87. The molecule has 1 aliphatic heterocycles. The first kappa shape index (κ1) is 15.0. The maximum absolute atomic E-state index is 12.9. The van der Waals surface area contributed by atoms with Gasteiger partial charge in [-0.1, -0.05) is 11.6 Å². The van der Waals surface area contributed by atoms with Crippen LogP contribution in [0.5, 0.6) is 0 Å². The van der Waals surface area contributed by atoms with Crippen molar-refractivity contribution in [2.75, 3.05) is 0 Å². The smallest absolute Gasteiger partial charge is 0.405 e. The molecule has 1 unspecified atom stereocenters. The molecule has 0 aliphatic carbocycles. The maximum atomic E-state index is 12.9. The minimum absolute atomic E-state index is 0.196. The monoisotopic (exact) mass is 420 g/mol. The Balaban J connectivity index is 2.61. The molecule has 0 spiro atoms. The van der Waals surface area contributed by atoms with Crippen LogP contribution < -0.4 is 0 Å². The summed E-state index contributed by atoms with van der Waals surface area (Å²) >= 11 is 8.31.